The highest BCUT2D eigenvalue weighted by Crippen LogP contribution is 2.25. The van der Waals surface area contributed by atoms with E-state index in [9.17, 15) is 9.18 Å². The van der Waals surface area contributed by atoms with Crippen LogP contribution in [-0.4, -0.2) is 64.3 Å². The van der Waals surface area contributed by atoms with Crippen molar-refractivity contribution in [3.05, 3.63) is 77.3 Å². The molecular weight excluding hydrogens is 489 g/mol. The van der Waals surface area contributed by atoms with Crippen molar-refractivity contribution in [1.82, 2.24) is 30.0 Å². The number of rotatable bonds is 5. The van der Waals surface area contributed by atoms with Crippen molar-refractivity contribution in [2.45, 2.75) is 13.5 Å². The Morgan fingerprint density at radius 3 is 2.73 bits per heavy atom. The Kier molecular flexibility index (Phi) is 7.38. The fraction of sp³-hybridized carbons (Fsp3) is 0.259. The van der Waals surface area contributed by atoms with Crippen molar-refractivity contribution in [3.8, 4) is 5.69 Å². The average molecular weight is 520 g/mol. The maximum Gasteiger partial charge on any atom is 0.207 e. The van der Waals surface area contributed by atoms with Crippen LogP contribution >= 0.6 is 11.3 Å². The van der Waals surface area contributed by atoms with Gasteiger partial charge in [0.25, 0.3) is 0 Å². The molecule has 1 aliphatic heterocycles. The molecule has 6 rings (SSSR count). The van der Waals surface area contributed by atoms with Gasteiger partial charge in [-0.05, 0) is 66.2 Å². The molecule has 10 heteroatoms. The van der Waals surface area contributed by atoms with Crippen LogP contribution in [-0.2, 0) is 11.3 Å². The number of nitrogens with one attached hydrogen (secondary N) is 1. The summed E-state index contributed by atoms with van der Waals surface area (Å²) in [5, 5.41) is 11.3. The summed E-state index contributed by atoms with van der Waals surface area (Å²) >= 11 is 1.73. The molecule has 1 saturated heterocycles. The van der Waals surface area contributed by atoms with Gasteiger partial charge in [0.05, 0.1) is 11.1 Å². The summed E-state index contributed by atoms with van der Waals surface area (Å²) in [4.78, 5) is 23.4. The maximum absolute atomic E-state index is 13.8. The number of hydrogen-bond acceptors (Lipinski definition) is 7. The van der Waals surface area contributed by atoms with E-state index in [0.29, 0.717) is 23.4 Å². The summed E-state index contributed by atoms with van der Waals surface area (Å²) in [5.74, 6) is 0.657. The number of aromatic nitrogens is 4. The summed E-state index contributed by atoms with van der Waals surface area (Å²) in [7, 11) is 2.12. The lowest BCUT2D eigenvalue weighted by Crippen LogP contribution is -2.44. The number of fused-ring (bicyclic) bond motifs is 2. The molecule has 0 bridgehead atoms. The first-order valence-corrected chi connectivity index (χ1v) is 12.9. The van der Waals surface area contributed by atoms with E-state index < -0.39 is 0 Å². The molecule has 3 aromatic heterocycles. The first-order valence-electron chi connectivity index (χ1n) is 12.1. The predicted molar refractivity (Wildman–Crippen MR) is 148 cm³/mol. The van der Waals surface area contributed by atoms with Crippen molar-refractivity contribution in [1.29, 1.82) is 0 Å². The van der Waals surface area contributed by atoms with Crippen LogP contribution in [0.4, 0.5) is 10.2 Å². The summed E-state index contributed by atoms with van der Waals surface area (Å²) in [6.07, 6.45) is 4.15. The number of hydrogen-bond donors (Lipinski definition) is 1. The van der Waals surface area contributed by atoms with Crippen molar-refractivity contribution in [3.63, 3.8) is 0 Å². The molecule has 37 heavy (non-hydrogen) atoms. The third kappa shape index (κ3) is 5.60. The predicted octanol–water partition coefficient (Wildman–Crippen LogP) is 4.41. The SMILES string of the molecule is Cc1ccc(-n2cc3c(N4CCN(C)CC4)ncnc3n2)cc1F.O=CNCc1ccc2sccc2c1.[HH]. The van der Waals surface area contributed by atoms with E-state index in [2.05, 4.69) is 60.8 Å². The fourth-order valence-corrected chi connectivity index (χ4v) is 5.01. The van der Waals surface area contributed by atoms with Gasteiger partial charge in [-0.2, -0.15) is 0 Å². The van der Waals surface area contributed by atoms with Crippen LogP contribution < -0.4 is 10.2 Å². The van der Waals surface area contributed by atoms with Crippen LogP contribution in [0.15, 0.2) is 60.4 Å². The van der Waals surface area contributed by atoms with Gasteiger partial charge in [-0.25, -0.2) is 19.0 Å². The van der Waals surface area contributed by atoms with E-state index in [-0.39, 0.29) is 7.24 Å². The molecule has 0 saturated carbocycles. The molecule has 1 aliphatic rings. The Morgan fingerprint density at radius 2 is 1.95 bits per heavy atom. The number of carbonyl (C=O) groups excluding carboxylic acids is 1. The highest BCUT2D eigenvalue weighted by molar-refractivity contribution is 7.17. The van der Waals surface area contributed by atoms with Crippen LogP contribution in [0.25, 0.3) is 26.8 Å². The quantitative estimate of drug-likeness (QED) is 0.347. The van der Waals surface area contributed by atoms with Crippen LogP contribution in [0, 0.1) is 12.7 Å². The van der Waals surface area contributed by atoms with Crippen LogP contribution in [0.5, 0.6) is 0 Å². The largest absolute Gasteiger partial charge is 0.355 e. The lowest BCUT2D eigenvalue weighted by molar-refractivity contribution is -0.109. The Hall–Kier alpha value is -3.89. The molecule has 0 radical (unpaired) electrons. The summed E-state index contributed by atoms with van der Waals surface area (Å²) in [5.41, 5.74) is 3.06. The number of halogens is 1. The molecule has 0 aliphatic carbocycles. The van der Waals surface area contributed by atoms with Gasteiger partial charge in [0.1, 0.15) is 18.0 Å². The van der Waals surface area contributed by atoms with Gasteiger partial charge in [0, 0.05) is 45.0 Å². The number of thiophene rings is 1. The molecule has 192 valence electrons. The lowest BCUT2D eigenvalue weighted by Gasteiger charge is -2.33. The Balaban J connectivity index is 0.000000204. The van der Waals surface area contributed by atoms with E-state index in [1.165, 1.54) is 16.2 Å². The molecule has 8 nitrogen and oxygen atoms in total. The summed E-state index contributed by atoms with van der Waals surface area (Å²) in [6, 6.07) is 13.4. The molecule has 1 amide bonds. The van der Waals surface area contributed by atoms with Gasteiger partial charge in [0.15, 0.2) is 5.65 Å². The van der Waals surface area contributed by atoms with Crippen LogP contribution in [0.2, 0.25) is 0 Å². The molecule has 0 atom stereocenters. The van der Waals surface area contributed by atoms with E-state index in [1.807, 2.05) is 18.3 Å². The minimum Gasteiger partial charge on any atom is -0.355 e. The summed E-state index contributed by atoms with van der Waals surface area (Å²) < 4.78 is 16.8. The third-order valence-electron chi connectivity index (χ3n) is 6.42. The minimum atomic E-state index is -0.238. The number of piperazine rings is 1. The Labute approximate surface area is 219 Å². The average Bonchev–Trinajstić information content (AvgIpc) is 3.57. The standard InChI is InChI=1S/C17H19FN6.C10H9NOS.H2/c1-12-3-4-13(9-15(12)18)24-10-14-16(21-24)19-11-20-17(14)23-7-5-22(2)6-8-23;12-7-11-6-8-1-2-10-9(5-8)3-4-13-10;/h3-4,9-11H,5-8H2,1-2H3;1-5,7H,6H2,(H,11,12);1H. The zero-order valence-electron chi connectivity index (χ0n) is 20.8. The van der Waals surface area contributed by atoms with Crippen LogP contribution in [0.3, 0.4) is 0 Å². The zero-order valence-corrected chi connectivity index (χ0v) is 21.6. The molecule has 5 aromatic rings. The minimum absolute atomic E-state index is 0. The van der Waals surface area contributed by atoms with Gasteiger partial charge >= 0.3 is 0 Å². The Bertz CT molecular complexity index is 1530. The second kappa shape index (κ2) is 11.0. The molecule has 4 heterocycles. The van der Waals surface area contributed by atoms with Gasteiger partial charge in [0.2, 0.25) is 6.41 Å². The molecule has 0 spiro atoms. The van der Waals surface area contributed by atoms with Gasteiger partial charge in [-0.15, -0.1) is 16.4 Å². The van der Waals surface area contributed by atoms with E-state index in [4.69, 9.17) is 0 Å². The third-order valence-corrected chi connectivity index (χ3v) is 7.32. The van der Waals surface area contributed by atoms with Crippen molar-refractivity contribution in [2.75, 3.05) is 38.1 Å². The molecule has 1 fully saturated rings. The first kappa shape index (κ1) is 24.8. The van der Waals surface area contributed by atoms with Crippen LogP contribution in [0.1, 0.15) is 12.6 Å². The normalized spacial score (nSPS) is 14.0. The smallest absolute Gasteiger partial charge is 0.207 e. The second-order valence-corrected chi connectivity index (χ2v) is 9.97. The van der Waals surface area contributed by atoms with E-state index in [0.717, 1.165) is 49.4 Å². The highest BCUT2D eigenvalue weighted by Gasteiger charge is 2.19. The van der Waals surface area contributed by atoms with Gasteiger partial charge in [-0.1, -0.05) is 12.1 Å². The van der Waals surface area contributed by atoms with Crippen molar-refractivity contribution < 1.29 is 10.6 Å². The highest BCUT2D eigenvalue weighted by atomic mass is 32.1. The number of carbonyl (C=O) groups is 1. The number of nitrogens with zero attached hydrogens (tertiary/aromatic N) is 6. The van der Waals surface area contributed by atoms with E-state index in [1.54, 1.807) is 35.3 Å². The molecule has 2 aromatic carbocycles. The van der Waals surface area contributed by atoms with Crippen molar-refractivity contribution >= 4 is 44.7 Å². The maximum atomic E-state index is 13.8. The number of likely N-dealkylation sites (N-methyl/N-ethyl adjacent to an activating group) is 1. The topological polar surface area (TPSA) is 79.2 Å². The fourth-order valence-electron chi connectivity index (χ4n) is 4.24. The lowest BCUT2D eigenvalue weighted by atomic mass is 10.2. The monoisotopic (exact) mass is 519 g/mol. The van der Waals surface area contributed by atoms with Gasteiger partial charge < -0.3 is 15.1 Å². The summed E-state index contributed by atoms with van der Waals surface area (Å²) in [6.45, 7) is 6.20. The van der Waals surface area contributed by atoms with E-state index >= 15 is 0 Å². The van der Waals surface area contributed by atoms with Crippen molar-refractivity contribution in [2.24, 2.45) is 0 Å². The Morgan fingerprint density at radius 1 is 1.11 bits per heavy atom. The second-order valence-electron chi connectivity index (χ2n) is 9.02. The number of anilines is 1. The molecule has 1 N–H and O–H groups in total. The number of benzene rings is 2. The molecular formula is C27H30FN7OS. The zero-order chi connectivity index (χ0) is 25.8. The van der Waals surface area contributed by atoms with Gasteiger partial charge in [-0.3, -0.25) is 4.79 Å². The first-order chi connectivity index (χ1) is 18.0. The molecule has 0 unspecified atom stereocenters. The number of aryl methyl sites for hydroxylation is 1. The number of amides is 1.